The van der Waals surface area contributed by atoms with Gasteiger partial charge in [-0.2, -0.15) is 0 Å². The molecule has 0 atom stereocenters. The minimum absolute atomic E-state index is 0.120. The number of carbonyl (C=O) groups is 1. The summed E-state index contributed by atoms with van der Waals surface area (Å²) in [6, 6.07) is 12.9. The predicted octanol–water partition coefficient (Wildman–Crippen LogP) is 2.62. The number of nitrogens with zero attached hydrogens (tertiary/aromatic N) is 5. The van der Waals surface area contributed by atoms with Gasteiger partial charge in [-0.3, -0.25) is 25.8 Å². The average Bonchev–Trinajstić information content (AvgIpc) is 2.87. The zero-order chi connectivity index (χ0) is 24.1. The number of aromatic nitrogens is 2. The molecule has 1 aliphatic rings. The standard InChI is InChI=1S/C22H22FN7O4/c1-34-16-8-6-15(7-9-16)22(31)27-26-20-19(30(32)33)21(25-14-24-20)29-12-10-28(11-13-29)18-5-3-2-4-17(18)23/h2-9,14H,10-13H2,1H3,(H,27,31)(H,24,25,26). The van der Waals surface area contributed by atoms with E-state index in [0.717, 1.165) is 0 Å². The Hall–Kier alpha value is -4.48. The predicted molar refractivity (Wildman–Crippen MR) is 124 cm³/mol. The first-order chi connectivity index (χ1) is 16.5. The molecule has 34 heavy (non-hydrogen) atoms. The molecule has 11 nitrogen and oxygen atoms in total. The normalized spacial score (nSPS) is 13.4. The molecule has 2 aromatic carbocycles. The van der Waals surface area contributed by atoms with Gasteiger partial charge in [0.2, 0.25) is 11.6 Å². The number of methoxy groups -OCH3 is 1. The van der Waals surface area contributed by atoms with Crippen LogP contribution in [0.15, 0.2) is 54.9 Å². The molecule has 1 saturated heterocycles. The number of carbonyl (C=O) groups excluding carboxylic acids is 1. The minimum Gasteiger partial charge on any atom is -0.497 e. The molecule has 176 valence electrons. The van der Waals surface area contributed by atoms with Crippen LogP contribution < -0.4 is 25.4 Å². The quantitative estimate of drug-likeness (QED) is 0.398. The molecule has 1 amide bonds. The Morgan fingerprint density at radius 2 is 1.74 bits per heavy atom. The zero-order valence-electron chi connectivity index (χ0n) is 18.3. The Morgan fingerprint density at radius 3 is 2.38 bits per heavy atom. The van der Waals surface area contributed by atoms with Crippen LogP contribution in [-0.4, -0.2) is 54.1 Å². The van der Waals surface area contributed by atoms with E-state index in [1.807, 2.05) is 4.90 Å². The lowest BCUT2D eigenvalue weighted by molar-refractivity contribution is -0.383. The molecule has 2 heterocycles. The van der Waals surface area contributed by atoms with Crippen molar-refractivity contribution in [2.75, 3.05) is 48.5 Å². The Bertz CT molecular complexity index is 1180. The van der Waals surface area contributed by atoms with Crippen LogP contribution in [0.25, 0.3) is 0 Å². The number of piperazine rings is 1. The SMILES string of the molecule is COc1ccc(C(=O)NNc2ncnc(N3CCN(c4ccccc4F)CC3)c2[N+](=O)[O-])cc1. The fourth-order valence-corrected chi connectivity index (χ4v) is 3.66. The monoisotopic (exact) mass is 467 g/mol. The summed E-state index contributed by atoms with van der Waals surface area (Å²) in [5.74, 6) is -0.253. The highest BCUT2D eigenvalue weighted by molar-refractivity contribution is 5.95. The Kier molecular flexibility index (Phi) is 6.67. The number of rotatable bonds is 7. The molecule has 12 heteroatoms. The van der Waals surface area contributed by atoms with E-state index >= 15 is 0 Å². The summed E-state index contributed by atoms with van der Waals surface area (Å²) >= 11 is 0. The number of nitro groups is 1. The van der Waals surface area contributed by atoms with Gasteiger partial charge in [0.05, 0.1) is 17.7 Å². The number of benzene rings is 2. The second kappa shape index (κ2) is 9.98. The lowest BCUT2D eigenvalue weighted by atomic mass is 10.2. The third kappa shape index (κ3) is 4.80. The molecule has 0 saturated carbocycles. The van der Waals surface area contributed by atoms with Crippen molar-refractivity contribution in [2.45, 2.75) is 0 Å². The molecule has 2 N–H and O–H groups in total. The molecule has 1 aromatic heterocycles. The van der Waals surface area contributed by atoms with Crippen molar-refractivity contribution in [1.29, 1.82) is 0 Å². The fourth-order valence-electron chi connectivity index (χ4n) is 3.66. The van der Waals surface area contributed by atoms with Gasteiger partial charge in [0.15, 0.2) is 0 Å². The summed E-state index contributed by atoms with van der Waals surface area (Å²) in [7, 11) is 1.52. The molecule has 3 aromatic rings. The maximum absolute atomic E-state index is 14.1. The first kappa shape index (κ1) is 22.7. The van der Waals surface area contributed by atoms with Crippen LogP contribution in [0.4, 0.5) is 27.4 Å². The molecule has 0 aliphatic carbocycles. The van der Waals surface area contributed by atoms with Crippen molar-refractivity contribution in [2.24, 2.45) is 0 Å². The Balaban J connectivity index is 1.47. The van der Waals surface area contributed by atoms with E-state index in [9.17, 15) is 19.3 Å². The largest absolute Gasteiger partial charge is 0.497 e. The van der Waals surface area contributed by atoms with Crippen molar-refractivity contribution in [1.82, 2.24) is 15.4 Å². The smallest absolute Gasteiger partial charge is 0.355 e. The number of hydrazine groups is 1. The van der Waals surface area contributed by atoms with Crippen molar-refractivity contribution < 1.29 is 18.8 Å². The minimum atomic E-state index is -0.597. The van der Waals surface area contributed by atoms with E-state index in [-0.39, 0.29) is 23.1 Å². The maximum atomic E-state index is 14.1. The summed E-state index contributed by atoms with van der Waals surface area (Å²) in [4.78, 5) is 35.4. The van der Waals surface area contributed by atoms with E-state index < -0.39 is 10.8 Å². The van der Waals surface area contributed by atoms with Crippen molar-refractivity contribution in [3.63, 3.8) is 0 Å². The van der Waals surface area contributed by atoms with Crippen LogP contribution in [0, 0.1) is 15.9 Å². The van der Waals surface area contributed by atoms with Gasteiger partial charge in [-0.1, -0.05) is 12.1 Å². The van der Waals surface area contributed by atoms with Gasteiger partial charge in [-0.25, -0.2) is 14.4 Å². The summed E-state index contributed by atoms with van der Waals surface area (Å²) in [5.41, 5.74) is 5.41. The van der Waals surface area contributed by atoms with Gasteiger partial charge in [-0.15, -0.1) is 0 Å². The second-order valence-electron chi connectivity index (χ2n) is 7.38. The van der Waals surface area contributed by atoms with Gasteiger partial charge in [-0.05, 0) is 36.4 Å². The van der Waals surface area contributed by atoms with E-state index in [4.69, 9.17) is 4.74 Å². The highest BCUT2D eigenvalue weighted by Gasteiger charge is 2.30. The van der Waals surface area contributed by atoms with Crippen LogP contribution in [-0.2, 0) is 0 Å². The van der Waals surface area contributed by atoms with Crippen LogP contribution in [0.5, 0.6) is 5.75 Å². The van der Waals surface area contributed by atoms with E-state index in [2.05, 4.69) is 20.8 Å². The molecule has 4 rings (SSSR count). The van der Waals surface area contributed by atoms with Crippen LogP contribution >= 0.6 is 0 Å². The van der Waals surface area contributed by atoms with Gasteiger partial charge in [0.25, 0.3) is 5.91 Å². The maximum Gasteiger partial charge on any atom is 0.355 e. The Morgan fingerprint density at radius 1 is 1.06 bits per heavy atom. The molecule has 0 bridgehead atoms. The molecular formula is C22H22FN7O4. The van der Waals surface area contributed by atoms with Gasteiger partial charge < -0.3 is 14.5 Å². The number of para-hydroxylation sites is 1. The highest BCUT2D eigenvalue weighted by Crippen LogP contribution is 2.32. The molecule has 1 fully saturated rings. The number of ether oxygens (including phenoxy) is 1. The van der Waals surface area contributed by atoms with Gasteiger partial charge >= 0.3 is 5.69 Å². The third-order valence-corrected chi connectivity index (χ3v) is 5.40. The van der Waals surface area contributed by atoms with Crippen LogP contribution in [0.3, 0.4) is 0 Å². The van der Waals surface area contributed by atoms with Gasteiger partial charge in [0, 0.05) is 31.7 Å². The number of hydrogen-bond acceptors (Lipinski definition) is 9. The third-order valence-electron chi connectivity index (χ3n) is 5.40. The van der Waals surface area contributed by atoms with Crippen LogP contribution in [0.2, 0.25) is 0 Å². The number of hydrogen-bond donors (Lipinski definition) is 2. The number of anilines is 3. The summed E-state index contributed by atoms with van der Waals surface area (Å²) in [6.07, 6.45) is 1.19. The Labute approximate surface area is 194 Å². The highest BCUT2D eigenvalue weighted by atomic mass is 19.1. The second-order valence-corrected chi connectivity index (χ2v) is 7.38. The van der Waals surface area contributed by atoms with Crippen LogP contribution in [0.1, 0.15) is 10.4 Å². The first-order valence-corrected chi connectivity index (χ1v) is 10.4. The van der Waals surface area contributed by atoms with E-state index in [0.29, 0.717) is 43.2 Å². The fraction of sp³-hybridized carbons (Fsp3) is 0.227. The van der Waals surface area contributed by atoms with E-state index in [1.54, 1.807) is 47.4 Å². The molecule has 0 unspecified atom stereocenters. The summed E-state index contributed by atoms with van der Waals surface area (Å²) in [5, 5.41) is 11.9. The van der Waals surface area contributed by atoms with Crippen molar-refractivity contribution >= 4 is 28.9 Å². The number of halogens is 1. The number of nitrogens with one attached hydrogen (secondary N) is 2. The zero-order valence-corrected chi connectivity index (χ0v) is 18.3. The van der Waals surface area contributed by atoms with Gasteiger partial charge in [0.1, 0.15) is 17.9 Å². The topological polar surface area (TPSA) is 126 Å². The lowest BCUT2D eigenvalue weighted by Crippen LogP contribution is -2.47. The average molecular weight is 467 g/mol. The first-order valence-electron chi connectivity index (χ1n) is 10.4. The lowest BCUT2D eigenvalue weighted by Gasteiger charge is -2.36. The molecular weight excluding hydrogens is 445 g/mol. The molecule has 1 aliphatic heterocycles. The van der Waals surface area contributed by atoms with Crippen molar-refractivity contribution in [3.05, 3.63) is 76.4 Å². The summed E-state index contributed by atoms with van der Waals surface area (Å²) in [6.45, 7) is 1.70. The molecule has 0 spiro atoms. The summed E-state index contributed by atoms with van der Waals surface area (Å²) < 4.78 is 19.2. The molecule has 0 radical (unpaired) electrons. The number of amides is 1. The van der Waals surface area contributed by atoms with E-state index in [1.165, 1.54) is 19.5 Å². The van der Waals surface area contributed by atoms with Crippen molar-refractivity contribution in [3.8, 4) is 5.75 Å².